The molecule has 138 valence electrons. The standard InChI is InChI=1S/C22H28N2O2/c1-4-8-21(18-9-6-5-7-10-18)23-24-22(25)19-11-13-20(14-12-19)26-16-15-17(2)3/h5-7,9-14,17H,4,8,15-16H2,1-3H3,(H,24,25)/b23-21+. The molecule has 0 unspecified atom stereocenters. The van der Waals surface area contributed by atoms with E-state index in [1.165, 1.54) is 0 Å². The van der Waals surface area contributed by atoms with Gasteiger partial charge >= 0.3 is 0 Å². The molecule has 0 atom stereocenters. The van der Waals surface area contributed by atoms with Crippen molar-refractivity contribution < 1.29 is 9.53 Å². The van der Waals surface area contributed by atoms with Crippen molar-refractivity contribution in [2.45, 2.75) is 40.0 Å². The molecule has 0 aliphatic carbocycles. The number of hydrogen-bond donors (Lipinski definition) is 1. The number of nitrogens with one attached hydrogen (secondary N) is 1. The Morgan fingerprint density at radius 1 is 1.04 bits per heavy atom. The van der Waals surface area contributed by atoms with Crippen LogP contribution in [-0.2, 0) is 0 Å². The lowest BCUT2D eigenvalue weighted by molar-refractivity contribution is 0.0954. The third-order valence-corrected chi connectivity index (χ3v) is 3.97. The molecule has 0 heterocycles. The van der Waals surface area contributed by atoms with Gasteiger partial charge in [0.2, 0.25) is 0 Å². The molecular weight excluding hydrogens is 324 g/mol. The van der Waals surface area contributed by atoms with E-state index in [0.717, 1.165) is 36.3 Å². The van der Waals surface area contributed by atoms with E-state index in [0.29, 0.717) is 18.1 Å². The van der Waals surface area contributed by atoms with Gasteiger partial charge in [-0.15, -0.1) is 0 Å². The quantitative estimate of drug-likeness (QED) is 0.507. The van der Waals surface area contributed by atoms with Gasteiger partial charge in [0, 0.05) is 5.56 Å². The van der Waals surface area contributed by atoms with Crippen molar-refractivity contribution in [2.75, 3.05) is 6.61 Å². The maximum Gasteiger partial charge on any atom is 0.271 e. The van der Waals surface area contributed by atoms with Gasteiger partial charge in [0.25, 0.3) is 5.91 Å². The van der Waals surface area contributed by atoms with Gasteiger partial charge in [0.15, 0.2) is 0 Å². The van der Waals surface area contributed by atoms with E-state index in [-0.39, 0.29) is 5.91 Å². The predicted molar refractivity (Wildman–Crippen MR) is 107 cm³/mol. The van der Waals surface area contributed by atoms with Crippen LogP contribution in [0.4, 0.5) is 0 Å². The smallest absolute Gasteiger partial charge is 0.271 e. The number of amides is 1. The van der Waals surface area contributed by atoms with Crippen molar-refractivity contribution in [3.05, 3.63) is 65.7 Å². The second kappa shape index (κ2) is 10.4. The van der Waals surface area contributed by atoms with Crippen LogP contribution in [-0.4, -0.2) is 18.2 Å². The summed E-state index contributed by atoms with van der Waals surface area (Å²) in [5.74, 6) is 1.17. The molecule has 1 amide bonds. The highest BCUT2D eigenvalue weighted by molar-refractivity contribution is 6.02. The molecule has 0 saturated heterocycles. The number of nitrogens with zero attached hydrogens (tertiary/aromatic N) is 1. The average molecular weight is 352 g/mol. The first-order chi connectivity index (χ1) is 12.6. The SMILES string of the molecule is CCC/C(=N\NC(=O)c1ccc(OCCC(C)C)cc1)c1ccccc1. The highest BCUT2D eigenvalue weighted by atomic mass is 16.5. The van der Waals surface area contributed by atoms with Crippen LogP contribution in [0, 0.1) is 5.92 Å². The van der Waals surface area contributed by atoms with E-state index in [1.54, 1.807) is 12.1 Å². The van der Waals surface area contributed by atoms with Crippen LogP contribution < -0.4 is 10.2 Å². The lowest BCUT2D eigenvalue weighted by Gasteiger charge is -2.09. The number of rotatable bonds is 9. The minimum absolute atomic E-state index is 0.219. The largest absolute Gasteiger partial charge is 0.494 e. The average Bonchev–Trinajstić information content (AvgIpc) is 2.66. The molecule has 0 radical (unpaired) electrons. The van der Waals surface area contributed by atoms with Crippen LogP contribution in [0.2, 0.25) is 0 Å². The van der Waals surface area contributed by atoms with Crippen LogP contribution in [0.3, 0.4) is 0 Å². The van der Waals surface area contributed by atoms with Crippen LogP contribution in [0.5, 0.6) is 5.75 Å². The van der Waals surface area contributed by atoms with Crippen molar-refractivity contribution >= 4 is 11.6 Å². The molecule has 4 heteroatoms. The number of hydrogen-bond acceptors (Lipinski definition) is 3. The summed E-state index contributed by atoms with van der Waals surface area (Å²) in [6.45, 7) is 7.11. The molecule has 0 aliphatic heterocycles. The zero-order valence-corrected chi connectivity index (χ0v) is 15.9. The lowest BCUT2D eigenvalue weighted by atomic mass is 10.1. The number of carbonyl (C=O) groups excluding carboxylic acids is 1. The fourth-order valence-corrected chi connectivity index (χ4v) is 2.43. The maximum absolute atomic E-state index is 12.3. The molecule has 0 aromatic heterocycles. The highest BCUT2D eigenvalue weighted by Gasteiger charge is 2.07. The Bertz CT molecular complexity index is 707. The molecule has 0 spiro atoms. The first-order valence-electron chi connectivity index (χ1n) is 9.25. The van der Waals surface area contributed by atoms with Gasteiger partial charge in [0.05, 0.1) is 12.3 Å². The summed E-state index contributed by atoms with van der Waals surface area (Å²) < 4.78 is 5.68. The molecule has 26 heavy (non-hydrogen) atoms. The topological polar surface area (TPSA) is 50.7 Å². The number of hydrazone groups is 1. The molecule has 2 rings (SSSR count). The zero-order valence-electron chi connectivity index (χ0n) is 15.9. The van der Waals surface area contributed by atoms with Crippen molar-refractivity contribution in [3.63, 3.8) is 0 Å². The van der Waals surface area contributed by atoms with E-state index in [2.05, 4.69) is 31.3 Å². The van der Waals surface area contributed by atoms with E-state index in [4.69, 9.17) is 4.74 Å². The van der Waals surface area contributed by atoms with E-state index in [1.807, 2.05) is 42.5 Å². The van der Waals surface area contributed by atoms with Crippen molar-refractivity contribution in [2.24, 2.45) is 11.0 Å². The second-order valence-electron chi connectivity index (χ2n) is 6.67. The molecule has 0 aliphatic rings. The summed E-state index contributed by atoms with van der Waals surface area (Å²) in [4.78, 5) is 12.3. The summed E-state index contributed by atoms with van der Waals surface area (Å²) in [5.41, 5.74) is 5.15. The van der Waals surface area contributed by atoms with Gasteiger partial charge < -0.3 is 4.74 Å². The Morgan fingerprint density at radius 2 is 1.73 bits per heavy atom. The van der Waals surface area contributed by atoms with Gasteiger partial charge in [-0.05, 0) is 48.6 Å². The zero-order chi connectivity index (χ0) is 18.8. The fourth-order valence-electron chi connectivity index (χ4n) is 2.43. The Balaban J connectivity index is 1.97. The minimum Gasteiger partial charge on any atom is -0.494 e. The van der Waals surface area contributed by atoms with Crippen molar-refractivity contribution in [1.29, 1.82) is 0 Å². The van der Waals surface area contributed by atoms with Crippen LogP contribution in [0.25, 0.3) is 0 Å². The van der Waals surface area contributed by atoms with E-state index in [9.17, 15) is 4.79 Å². The molecule has 2 aromatic rings. The monoisotopic (exact) mass is 352 g/mol. The third kappa shape index (κ3) is 6.36. The summed E-state index contributed by atoms with van der Waals surface area (Å²) >= 11 is 0. The van der Waals surface area contributed by atoms with Gasteiger partial charge in [-0.3, -0.25) is 4.79 Å². The van der Waals surface area contributed by atoms with Crippen LogP contribution in [0.1, 0.15) is 56.0 Å². The van der Waals surface area contributed by atoms with Gasteiger partial charge in [-0.25, -0.2) is 5.43 Å². The van der Waals surface area contributed by atoms with Crippen LogP contribution >= 0.6 is 0 Å². The summed E-state index contributed by atoms with van der Waals surface area (Å²) in [6, 6.07) is 17.1. The van der Waals surface area contributed by atoms with E-state index < -0.39 is 0 Å². The van der Waals surface area contributed by atoms with Crippen LogP contribution in [0.15, 0.2) is 59.7 Å². The summed E-state index contributed by atoms with van der Waals surface area (Å²) in [5, 5.41) is 4.34. The molecule has 0 saturated carbocycles. The molecule has 4 nitrogen and oxygen atoms in total. The first kappa shape index (κ1) is 19.7. The first-order valence-corrected chi connectivity index (χ1v) is 9.25. The predicted octanol–water partition coefficient (Wildman–Crippen LogP) is 5.05. The Kier molecular flexibility index (Phi) is 7.87. The van der Waals surface area contributed by atoms with Crippen molar-refractivity contribution in [3.8, 4) is 5.75 Å². The minimum atomic E-state index is -0.219. The van der Waals surface area contributed by atoms with Gasteiger partial charge in [-0.2, -0.15) is 5.10 Å². The van der Waals surface area contributed by atoms with E-state index >= 15 is 0 Å². The van der Waals surface area contributed by atoms with Crippen molar-refractivity contribution in [1.82, 2.24) is 5.43 Å². The maximum atomic E-state index is 12.3. The Morgan fingerprint density at radius 3 is 2.35 bits per heavy atom. The molecule has 1 N–H and O–H groups in total. The number of ether oxygens (including phenoxy) is 1. The number of carbonyl (C=O) groups is 1. The second-order valence-corrected chi connectivity index (χ2v) is 6.67. The number of benzene rings is 2. The Hall–Kier alpha value is -2.62. The molecule has 2 aromatic carbocycles. The molecule has 0 fully saturated rings. The van der Waals surface area contributed by atoms with Gasteiger partial charge in [0.1, 0.15) is 5.75 Å². The Labute approximate surface area is 156 Å². The highest BCUT2D eigenvalue weighted by Crippen LogP contribution is 2.13. The van der Waals surface area contributed by atoms with Gasteiger partial charge in [-0.1, -0.05) is 57.5 Å². The fraction of sp³-hybridized carbons (Fsp3) is 0.364. The summed E-state index contributed by atoms with van der Waals surface area (Å²) in [7, 11) is 0. The molecular formula is C22H28N2O2. The lowest BCUT2D eigenvalue weighted by Crippen LogP contribution is -2.20. The molecule has 0 bridgehead atoms. The summed E-state index contributed by atoms with van der Waals surface area (Å²) in [6.07, 6.45) is 2.79. The normalized spacial score (nSPS) is 11.5. The third-order valence-electron chi connectivity index (χ3n) is 3.97.